The number of aliphatic carboxylic acids is 1. The molecule has 1 aliphatic heterocycles. The number of ether oxygens (including phenoxy) is 1. The van der Waals surface area contributed by atoms with Gasteiger partial charge in [-0.25, -0.2) is 12.7 Å². The van der Waals surface area contributed by atoms with Crippen molar-refractivity contribution >= 4 is 16.0 Å². The molecule has 1 aromatic rings. The first-order chi connectivity index (χ1) is 12.8. The Labute approximate surface area is 161 Å². The molecule has 27 heavy (non-hydrogen) atoms. The minimum absolute atomic E-state index is 0.218. The molecule has 7 nitrogen and oxygen atoms in total. The van der Waals surface area contributed by atoms with Crippen molar-refractivity contribution in [2.24, 2.45) is 5.92 Å². The van der Waals surface area contributed by atoms with Crippen molar-refractivity contribution in [1.29, 1.82) is 0 Å². The lowest BCUT2D eigenvalue weighted by Crippen LogP contribution is -2.44. The summed E-state index contributed by atoms with van der Waals surface area (Å²) in [7, 11) is -0.467. The van der Waals surface area contributed by atoms with E-state index in [0.717, 1.165) is 25.7 Å². The van der Waals surface area contributed by atoms with Crippen LogP contribution in [0, 0.1) is 5.92 Å². The Kier molecular flexibility index (Phi) is 6.08. The summed E-state index contributed by atoms with van der Waals surface area (Å²) in [5.41, 5.74) is 0. The first kappa shape index (κ1) is 20.1. The number of benzene rings is 1. The van der Waals surface area contributed by atoms with Gasteiger partial charge in [0, 0.05) is 26.7 Å². The highest BCUT2D eigenvalue weighted by molar-refractivity contribution is 7.89. The summed E-state index contributed by atoms with van der Waals surface area (Å²) in [5, 5.41) is 9.56. The monoisotopic (exact) mass is 396 g/mol. The van der Waals surface area contributed by atoms with Crippen LogP contribution >= 0.6 is 0 Å². The molecule has 1 aliphatic carbocycles. The van der Waals surface area contributed by atoms with E-state index in [1.165, 1.54) is 37.0 Å². The maximum absolute atomic E-state index is 12.1. The number of hydrogen-bond donors (Lipinski definition) is 1. The van der Waals surface area contributed by atoms with Crippen LogP contribution in [0.4, 0.5) is 0 Å². The zero-order valence-electron chi connectivity index (χ0n) is 15.9. The SMILES string of the molecule is CN(C)S(=O)(=O)c1ccc(OCCN2C(C(=O)O)CC3CCCCC32)cc1. The number of carboxylic acid groups (broad SMARTS) is 1. The van der Waals surface area contributed by atoms with Gasteiger partial charge in [-0.15, -0.1) is 0 Å². The van der Waals surface area contributed by atoms with Crippen molar-refractivity contribution in [3.05, 3.63) is 24.3 Å². The molecule has 3 unspecified atom stereocenters. The van der Waals surface area contributed by atoms with Crippen LogP contribution in [0.25, 0.3) is 0 Å². The third kappa shape index (κ3) is 4.28. The fraction of sp³-hybridized carbons (Fsp3) is 0.632. The van der Waals surface area contributed by atoms with Crippen LogP contribution in [0.5, 0.6) is 5.75 Å². The molecule has 1 saturated carbocycles. The van der Waals surface area contributed by atoms with Gasteiger partial charge in [-0.05, 0) is 49.4 Å². The number of fused-ring (bicyclic) bond motifs is 1. The predicted molar refractivity (Wildman–Crippen MR) is 101 cm³/mol. The Morgan fingerprint density at radius 2 is 1.89 bits per heavy atom. The highest BCUT2D eigenvalue weighted by Gasteiger charge is 2.44. The zero-order valence-corrected chi connectivity index (χ0v) is 16.7. The molecule has 0 radical (unpaired) electrons. The smallest absolute Gasteiger partial charge is 0.320 e. The molecule has 3 rings (SSSR count). The third-order valence-corrected chi connectivity index (χ3v) is 7.56. The van der Waals surface area contributed by atoms with Crippen LogP contribution in [0.15, 0.2) is 29.2 Å². The largest absolute Gasteiger partial charge is 0.492 e. The quantitative estimate of drug-likeness (QED) is 0.759. The van der Waals surface area contributed by atoms with Crippen molar-refractivity contribution in [2.75, 3.05) is 27.2 Å². The number of hydrogen-bond acceptors (Lipinski definition) is 5. The number of nitrogens with zero attached hydrogens (tertiary/aromatic N) is 2. The van der Waals surface area contributed by atoms with E-state index in [2.05, 4.69) is 4.90 Å². The van der Waals surface area contributed by atoms with E-state index >= 15 is 0 Å². The average molecular weight is 397 g/mol. The molecule has 8 heteroatoms. The molecular weight excluding hydrogens is 368 g/mol. The number of rotatable bonds is 7. The van der Waals surface area contributed by atoms with E-state index in [-0.39, 0.29) is 4.90 Å². The fourth-order valence-corrected chi connectivity index (χ4v) is 5.21. The molecule has 2 aliphatic rings. The predicted octanol–water partition coefficient (Wildman–Crippen LogP) is 2.03. The Morgan fingerprint density at radius 1 is 1.22 bits per heavy atom. The van der Waals surface area contributed by atoms with Crippen molar-refractivity contribution < 1.29 is 23.1 Å². The maximum Gasteiger partial charge on any atom is 0.320 e. The second-order valence-electron chi connectivity index (χ2n) is 7.55. The van der Waals surface area contributed by atoms with Crippen molar-refractivity contribution in [3.63, 3.8) is 0 Å². The van der Waals surface area contributed by atoms with Gasteiger partial charge in [0.15, 0.2) is 0 Å². The number of sulfonamides is 1. The summed E-state index contributed by atoms with van der Waals surface area (Å²) in [5.74, 6) is 0.317. The van der Waals surface area contributed by atoms with Crippen LogP contribution in [0.1, 0.15) is 32.1 Å². The fourth-order valence-electron chi connectivity index (χ4n) is 4.30. The Morgan fingerprint density at radius 3 is 2.52 bits per heavy atom. The van der Waals surface area contributed by atoms with Gasteiger partial charge in [-0.3, -0.25) is 9.69 Å². The summed E-state index contributed by atoms with van der Waals surface area (Å²) >= 11 is 0. The Balaban J connectivity index is 1.59. The Hall–Kier alpha value is -1.64. The summed E-state index contributed by atoms with van der Waals surface area (Å²) < 4.78 is 31.1. The Bertz CT molecular complexity index is 763. The van der Waals surface area contributed by atoms with Crippen LogP contribution in [0.3, 0.4) is 0 Å². The highest BCUT2D eigenvalue weighted by atomic mass is 32.2. The zero-order chi connectivity index (χ0) is 19.6. The van der Waals surface area contributed by atoms with Gasteiger partial charge in [0.05, 0.1) is 4.90 Å². The second kappa shape index (κ2) is 8.16. The third-order valence-electron chi connectivity index (χ3n) is 5.73. The molecule has 150 valence electrons. The molecule has 1 heterocycles. The molecule has 2 fully saturated rings. The van der Waals surface area contributed by atoms with Crippen molar-refractivity contribution in [1.82, 2.24) is 9.21 Å². The summed E-state index contributed by atoms with van der Waals surface area (Å²) in [4.78, 5) is 13.9. The summed E-state index contributed by atoms with van der Waals surface area (Å²) in [6, 6.07) is 6.25. The van der Waals surface area contributed by atoms with Crippen LogP contribution in [0.2, 0.25) is 0 Å². The second-order valence-corrected chi connectivity index (χ2v) is 9.70. The van der Waals surface area contributed by atoms with E-state index < -0.39 is 22.0 Å². The standard InChI is InChI=1S/C19H28N2O5S/c1-20(2)27(24,25)16-9-7-15(8-10-16)26-12-11-21-17-6-4-3-5-14(17)13-18(21)19(22)23/h7-10,14,17-18H,3-6,11-13H2,1-2H3,(H,22,23). The molecule has 3 atom stereocenters. The van der Waals surface area contributed by atoms with Crippen LogP contribution in [-0.2, 0) is 14.8 Å². The lowest BCUT2D eigenvalue weighted by molar-refractivity contribution is -0.142. The van der Waals surface area contributed by atoms with E-state index in [0.29, 0.717) is 30.9 Å². The van der Waals surface area contributed by atoms with Gasteiger partial charge in [-0.1, -0.05) is 12.8 Å². The summed E-state index contributed by atoms with van der Waals surface area (Å²) in [6.07, 6.45) is 5.27. The topological polar surface area (TPSA) is 87.2 Å². The lowest BCUT2D eigenvalue weighted by atomic mass is 9.85. The van der Waals surface area contributed by atoms with Gasteiger partial charge in [-0.2, -0.15) is 0 Å². The van der Waals surface area contributed by atoms with Crippen molar-refractivity contribution in [2.45, 2.75) is 49.1 Å². The molecule has 0 spiro atoms. The maximum atomic E-state index is 12.1. The molecule has 0 aromatic heterocycles. The average Bonchev–Trinajstić information content (AvgIpc) is 3.01. The first-order valence-electron chi connectivity index (χ1n) is 9.44. The van der Waals surface area contributed by atoms with Crippen LogP contribution in [-0.4, -0.2) is 68.0 Å². The van der Waals surface area contributed by atoms with E-state index in [1.54, 1.807) is 12.1 Å². The van der Waals surface area contributed by atoms with Gasteiger partial charge < -0.3 is 9.84 Å². The molecule has 0 amide bonds. The van der Waals surface area contributed by atoms with E-state index in [9.17, 15) is 18.3 Å². The van der Waals surface area contributed by atoms with E-state index in [1.807, 2.05) is 0 Å². The first-order valence-corrected chi connectivity index (χ1v) is 10.9. The van der Waals surface area contributed by atoms with Crippen molar-refractivity contribution in [3.8, 4) is 5.75 Å². The molecule has 1 aromatic carbocycles. The van der Waals surface area contributed by atoms with Gasteiger partial charge >= 0.3 is 5.97 Å². The minimum Gasteiger partial charge on any atom is -0.492 e. The number of likely N-dealkylation sites (tertiary alicyclic amines) is 1. The summed E-state index contributed by atoms with van der Waals surface area (Å²) in [6.45, 7) is 0.947. The molecule has 0 bridgehead atoms. The molecular formula is C19H28N2O5S. The minimum atomic E-state index is -3.45. The molecule has 1 saturated heterocycles. The normalized spacial score (nSPS) is 26.1. The van der Waals surface area contributed by atoms with Gasteiger partial charge in [0.2, 0.25) is 10.0 Å². The molecule has 1 N–H and O–H groups in total. The number of carboxylic acids is 1. The van der Waals surface area contributed by atoms with Gasteiger partial charge in [0.25, 0.3) is 0 Å². The van der Waals surface area contributed by atoms with Crippen LogP contribution < -0.4 is 4.74 Å². The van der Waals surface area contributed by atoms with E-state index in [4.69, 9.17) is 4.74 Å². The highest BCUT2D eigenvalue weighted by Crippen LogP contribution is 2.39. The number of carbonyl (C=O) groups is 1. The van der Waals surface area contributed by atoms with Gasteiger partial charge in [0.1, 0.15) is 18.4 Å². The lowest BCUT2D eigenvalue weighted by Gasteiger charge is -2.32.